The quantitative estimate of drug-likeness (QED) is 0.819. The number of amides is 1. The molecule has 128 valence electrons. The highest BCUT2D eigenvalue weighted by molar-refractivity contribution is 7.89. The molecule has 0 spiro atoms. The van der Waals surface area contributed by atoms with Crippen LogP contribution in [0.25, 0.3) is 0 Å². The molecule has 24 heavy (non-hydrogen) atoms. The van der Waals surface area contributed by atoms with E-state index in [2.05, 4.69) is 10.0 Å². The average molecular weight is 367 g/mol. The third-order valence-electron chi connectivity index (χ3n) is 3.46. The van der Waals surface area contributed by atoms with Crippen LogP contribution in [0.1, 0.15) is 30.6 Å². The number of carbonyl (C=O) groups is 1. The topological polar surface area (TPSA) is 75.3 Å². The van der Waals surface area contributed by atoms with Crippen molar-refractivity contribution >= 4 is 33.2 Å². The number of anilines is 1. The van der Waals surface area contributed by atoms with Crippen LogP contribution in [0.3, 0.4) is 0 Å². The Hall–Kier alpha value is -1.89. The van der Waals surface area contributed by atoms with Gasteiger partial charge in [0.05, 0.1) is 4.90 Å². The average Bonchev–Trinajstić information content (AvgIpc) is 2.54. The molecule has 0 aliphatic rings. The summed E-state index contributed by atoms with van der Waals surface area (Å²) < 4.78 is 27.2. The van der Waals surface area contributed by atoms with Crippen molar-refractivity contribution in [3.63, 3.8) is 0 Å². The molecule has 1 unspecified atom stereocenters. The number of carbonyl (C=O) groups excluding carboxylic acids is 1. The van der Waals surface area contributed by atoms with Gasteiger partial charge in [0.2, 0.25) is 10.0 Å². The Morgan fingerprint density at radius 1 is 1.17 bits per heavy atom. The fourth-order valence-electron chi connectivity index (χ4n) is 1.99. The van der Waals surface area contributed by atoms with E-state index in [1.165, 1.54) is 18.2 Å². The van der Waals surface area contributed by atoms with E-state index in [9.17, 15) is 13.2 Å². The predicted octanol–water partition coefficient (Wildman–Crippen LogP) is 3.67. The second-order valence-electron chi connectivity index (χ2n) is 5.42. The highest BCUT2D eigenvalue weighted by atomic mass is 35.5. The molecule has 5 nitrogen and oxygen atoms in total. The highest BCUT2D eigenvalue weighted by Crippen LogP contribution is 2.17. The third-order valence-corrected chi connectivity index (χ3v) is 5.28. The van der Waals surface area contributed by atoms with Crippen LogP contribution in [0.4, 0.5) is 5.69 Å². The summed E-state index contributed by atoms with van der Waals surface area (Å²) in [5.41, 5.74) is 0.792. The maximum absolute atomic E-state index is 12.3. The van der Waals surface area contributed by atoms with Crippen LogP contribution >= 0.6 is 11.6 Å². The van der Waals surface area contributed by atoms with Crippen molar-refractivity contribution < 1.29 is 13.2 Å². The van der Waals surface area contributed by atoms with E-state index in [1.807, 2.05) is 6.92 Å². The lowest BCUT2D eigenvalue weighted by molar-refractivity contribution is 0.102. The van der Waals surface area contributed by atoms with Gasteiger partial charge in [-0.25, -0.2) is 13.1 Å². The first kappa shape index (κ1) is 18.4. The Morgan fingerprint density at radius 2 is 1.88 bits per heavy atom. The number of halogens is 1. The summed E-state index contributed by atoms with van der Waals surface area (Å²) in [5.74, 6) is -0.405. The van der Waals surface area contributed by atoms with Crippen LogP contribution in [0.5, 0.6) is 0 Å². The number of benzene rings is 2. The summed E-state index contributed by atoms with van der Waals surface area (Å²) >= 11 is 5.88. The van der Waals surface area contributed by atoms with Crippen molar-refractivity contribution in [2.45, 2.75) is 31.2 Å². The van der Waals surface area contributed by atoms with Crippen molar-refractivity contribution in [3.8, 4) is 0 Å². The third kappa shape index (κ3) is 4.80. The van der Waals surface area contributed by atoms with Crippen LogP contribution in [-0.2, 0) is 10.0 Å². The Labute approximate surface area is 147 Å². The van der Waals surface area contributed by atoms with Crippen LogP contribution in [0.15, 0.2) is 53.4 Å². The van der Waals surface area contributed by atoms with Gasteiger partial charge in [0.25, 0.3) is 5.91 Å². The van der Waals surface area contributed by atoms with Gasteiger partial charge in [-0.15, -0.1) is 0 Å². The van der Waals surface area contributed by atoms with Crippen molar-refractivity contribution in [2.24, 2.45) is 0 Å². The molecule has 0 saturated heterocycles. The molecule has 0 saturated carbocycles. The first-order valence-electron chi connectivity index (χ1n) is 7.51. The van der Waals surface area contributed by atoms with Gasteiger partial charge in [-0.3, -0.25) is 4.79 Å². The van der Waals surface area contributed by atoms with Crippen LogP contribution in [0, 0.1) is 0 Å². The van der Waals surface area contributed by atoms with Gasteiger partial charge in [0.15, 0.2) is 0 Å². The van der Waals surface area contributed by atoms with E-state index in [0.717, 1.165) is 0 Å². The zero-order chi connectivity index (χ0) is 17.7. The van der Waals surface area contributed by atoms with E-state index in [-0.39, 0.29) is 16.5 Å². The molecule has 0 aromatic heterocycles. The predicted molar refractivity (Wildman–Crippen MR) is 95.9 cm³/mol. The highest BCUT2D eigenvalue weighted by Gasteiger charge is 2.18. The molecule has 2 aromatic rings. The summed E-state index contributed by atoms with van der Waals surface area (Å²) in [4.78, 5) is 12.4. The number of hydrogen-bond donors (Lipinski definition) is 2. The maximum atomic E-state index is 12.3. The molecule has 2 aromatic carbocycles. The Morgan fingerprint density at radius 3 is 2.54 bits per heavy atom. The smallest absolute Gasteiger partial charge is 0.255 e. The first-order chi connectivity index (χ1) is 11.3. The van der Waals surface area contributed by atoms with E-state index >= 15 is 0 Å². The largest absolute Gasteiger partial charge is 0.322 e. The minimum Gasteiger partial charge on any atom is -0.322 e. The van der Waals surface area contributed by atoms with Crippen LogP contribution < -0.4 is 10.0 Å². The van der Waals surface area contributed by atoms with Crippen molar-refractivity contribution in [3.05, 3.63) is 59.1 Å². The van der Waals surface area contributed by atoms with Crippen LogP contribution in [-0.4, -0.2) is 20.4 Å². The Balaban J connectivity index is 2.22. The van der Waals surface area contributed by atoms with Gasteiger partial charge in [-0.1, -0.05) is 30.7 Å². The molecule has 2 N–H and O–H groups in total. The minimum atomic E-state index is -3.66. The van der Waals surface area contributed by atoms with Crippen molar-refractivity contribution in [1.82, 2.24) is 4.72 Å². The maximum Gasteiger partial charge on any atom is 0.255 e. The van der Waals surface area contributed by atoms with Gasteiger partial charge in [-0.2, -0.15) is 0 Å². The second-order valence-corrected chi connectivity index (χ2v) is 7.57. The molecule has 0 aliphatic carbocycles. The fraction of sp³-hybridized carbons (Fsp3) is 0.235. The molecule has 0 aliphatic heterocycles. The lowest BCUT2D eigenvalue weighted by atomic mass is 10.2. The summed E-state index contributed by atoms with van der Waals surface area (Å²) in [6.45, 7) is 3.68. The zero-order valence-corrected chi connectivity index (χ0v) is 15.0. The van der Waals surface area contributed by atoms with Crippen molar-refractivity contribution in [2.75, 3.05) is 5.32 Å². The standard InChI is InChI=1S/C17H19ClN2O3S/c1-3-12(2)20-24(22,23)16-9-4-6-13(10-16)17(21)19-15-8-5-7-14(18)11-15/h4-12,20H,3H2,1-2H3,(H,19,21). The van der Waals surface area contributed by atoms with E-state index in [1.54, 1.807) is 37.3 Å². The molecule has 0 heterocycles. The van der Waals surface area contributed by atoms with Gasteiger partial charge >= 0.3 is 0 Å². The van der Waals surface area contributed by atoms with E-state index < -0.39 is 15.9 Å². The van der Waals surface area contributed by atoms with Gasteiger partial charge < -0.3 is 5.32 Å². The lowest BCUT2D eigenvalue weighted by Gasteiger charge is -2.13. The fourth-order valence-corrected chi connectivity index (χ4v) is 3.55. The molecule has 0 bridgehead atoms. The zero-order valence-electron chi connectivity index (χ0n) is 13.4. The molecule has 7 heteroatoms. The lowest BCUT2D eigenvalue weighted by Crippen LogP contribution is -2.32. The van der Waals surface area contributed by atoms with Gasteiger partial charge in [0.1, 0.15) is 0 Å². The summed E-state index contributed by atoms with van der Waals surface area (Å²) in [6.07, 6.45) is 0.675. The molecule has 1 amide bonds. The number of nitrogens with one attached hydrogen (secondary N) is 2. The number of rotatable bonds is 6. The molecule has 0 fully saturated rings. The molecule has 1 atom stereocenters. The Kier molecular flexibility index (Phi) is 5.99. The summed E-state index contributed by atoms with van der Waals surface area (Å²) in [7, 11) is -3.66. The van der Waals surface area contributed by atoms with E-state index in [0.29, 0.717) is 17.1 Å². The molecule has 0 radical (unpaired) electrons. The minimum absolute atomic E-state index is 0.0570. The summed E-state index contributed by atoms with van der Waals surface area (Å²) in [6, 6.07) is 12.5. The number of hydrogen-bond acceptors (Lipinski definition) is 3. The molecular weight excluding hydrogens is 348 g/mol. The van der Waals surface area contributed by atoms with Gasteiger partial charge in [0, 0.05) is 22.3 Å². The van der Waals surface area contributed by atoms with Crippen molar-refractivity contribution in [1.29, 1.82) is 0 Å². The monoisotopic (exact) mass is 366 g/mol. The van der Waals surface area contributed by atoms with E-state index in [4.69, 9.17) is 11.6 Å². The van der Waals surface area contributed by atoms with Crippen LogP contribution in [0.2, 0.25) is 5.02 Å². The summed E-state index contributed by atoms with van der Waals surface area (Å²) in [5, 5.41) is 3.19. The first-order valence-corrected chi connectivity index (χ1v) is 9.37. The number of sulfonamides is 1. The normalized spacial score (nSPS) is 12.6. The molecule has 2 rings (SSSR count). The van der Waals surface area contributed by atoms with Gasteiger partial charge in [-0.05, 0) is 49.7 Å². The molecular formula is C17H19ClN2O3S. The second kappa shape index (κ2) is 7.79. The Bertz CT molecular complexity index is 837. The SMILES string of the molecule is CCC(C)NS(=O)(=O)c1cccc(C(=O)Nc2cccc(Cl)c2)c1.